The first-order chi connectivity index (χ1) is 20.9. The first kappa shape index (κ1) is 29.2. The second-order valence-corrected chi connectivity index (χ2v) is 15.9. The van der Waals surface area contributed by atoms with Crippen molar-refractivity contribution in [3.05, 3.63) is 23.7 Å². The number of rotatable bonds is 7. The molecule has 1 aromatic heterocycles. The van der Waals surface area contributed by atoms with Crippen molar-refractivity contribution in [2.75, 3.05) is 6.61 Å². The van der Waals surface area contributed by atoms with Crippen LogP contribution in [0.2, 0.25) is 0 Å². The SMILES string of the molecule is CCCCCCCc1occc1C1OC(=O)C2OC23C1(C)CC1CCC2C(=O)OCC45C2OC(C)(C)C4C(=O)C(O)C3(C)C15. The summed E-state index contributed by atoms with van der Waals surface area (Å²) in [6, 6.07) is 1.92. The molecule has 2 bridgehead atoms. The Morgan fingerprint density at radius 1 is 0.955 bits per heavy atom. The zero-order chi connectivity index (χ0) is 31.0. The molecule has 1 N–H and O–H groups in total. The van der Waals surface area contributed by atoms with Gasteiger partial charge < -0.3 is 28.5 Å². The molecule has 0 radical (unpaired) electrons. The first-order valence-electron chi connectivity index (χ1n) is 16.9. The van der Waals surface area contributed by atoms with Crippen LogP contribution in [0.4, 0.5) is 0 Å². The van der Waals surface area contributed by atoms with Crippen molar-refractivity contribution in [3.63, 3.8) is 0 Å². The molecule has 0 aromatic carbocycles. The summed E-state index contributed by atoms with van der Waals surface area (Å²) in [5.74, 6) is -1.55. The molecule has 9 heteroatoms. The van der Waals surface area contributed by atoms with Crippen molar-refractivity contribution in [1.29, 1.82) is 0 Å². The number of Topliss-reactive ketones (excluding diaryl/α,β-unsaturated/α-hetero) is 1. The van der Waals surface area contributed by atoms with Gasteiger partial charge in [0.15, 0.2) is 11.9 Å². The summed E-state index contributed by atoms with van der Waals surface area (Å²) in [6.07, 6.45) is 6.63. The lowest BCUT2D eigenvalue weighted by molar-refractivity contribution is -0.266. The van der Waals surface area contributed by atoms with Crippen LogP contribution in [0.15, 0.2) is 16.7 Å². The number of cyclic esters (lactones) is 2. The largest absolute Gasteiger partial charge is 0.469 e. The molecule has 0 amide bonds. The van der Waals surface area contributed by atoms with Gasteiger partial charge in [0.25, 0.3) is 0 Å². The number of furan rings is 1. The van der Waals surface area contributed by atoms with E-state index in [0.717, 1.165) is 37.0 Å². The topological polar surface area (TPSA) is 125 Å². The Hall–Kier alpha value is -2.23. The highest BCUT2D eigenvalue weighted by atomic mass is 16.7. The smallest absolute Gasteiger partial charge is 0.339 e. The van der Waals surface area contributed by atoms with Crippen molar-refractivity contribution in [1.82, 2.24) is 0 Å². The third-order valence-electron chi connectivity index (χ3n) is 13.5. The van der Waals surface area contributed by atoms with Gasteiger partial charge in [0.05, 0.1) is 29.8 Å². The lowest BCUT2D eigenvalue weighted by Crippen LogP contribution is -2.77. The van der Waals surface area contributed by atoms with Crippen LogP contribution in [0, 0.1) is 39.9 Å². The maximum Gasteiger partial charge on any atom is 0.339 e. The molecule has 4 saturated heterocycles. The molecular formula is C35H46O9. The van der Waals surface area contributed by atoms with Crippen LogP contribution in [0.3, 0.4) is 0 Å². The molecule has 7 aliphatic rings. The fourth-order valence-electron chi connectivity index (χ4n) is 12.2. The van der Waals surface area contributed by atoms with Gasteiger partial charge in [0.2, 0.25) is 0 Å². The van der Waals surface area contributed by atoms with Crippen LogP contribution < -0.4 is 0 Å². The minimum Gasteiger partial charge on any atom is -0.469 e. The van der Waals surface area contributed by atoms with Gasteiger partial charge in [0, 0.05) is 28.2 Å². The summed E-state index contributed by atoms with van der Waals surface area (Å²) in [5, 5.41) is 12.3. The molecule has 1 aromatic rings. The predicted octanol–water partition coefficient (Wildman–Crippen LogP) is 4.87. The average molecular weight is 611 g/mol. The Balaban J connectivity index is 1.26. The molecule has 8 rings (SSSR count). The van der Waals surface area contributed by atoms with E-state index < -0.39 is 69.7 Å². The number of esters is 2. The van der Waals surface area contributed by atoms with E-state index in [1.807, 2.05) is 26.8 Å². The molecule has 5 heterocycles. The summed E-state index contributed by atoms with van der Waals surface area (Å²) in [5.41, 5.74) is -3.85. The Morgan fingerprint density at radius 2 is 1.73 bits per heavy atom. The van der Waals surface area contributed by atoms with E-state index in [1.165, 1.54) is 19.3 Å². The van der Waals surface area contributed by atoms with Gasteiger partial charge in [-0.3, -0.25) is 9.59 Å². The van der Waals surface area contributed by atoms with Crippen molar-refractivity contribution >= 4 is 17.7 Å². The summed E-state index contributed by atoms with van der Waals surface area (Å²) in [4.78, 5) is 41.6. The van der Waals surface area contributed by atoms with Crippen LogP contribution in [0.25, 0.3) is 0 Å². The molecule has 12 atom stereocenters. The molecule has 3 saturated carbocycles. The Kier molecular flexibility index (Phi) is 6.10. The van der Waals surface area contributed by atoms with Crippen LogP contribution in [0.1, 0.15) is 103 Å². The van der Waals surface area contributed by atoms with Gasteiger partial charge in [-0.2, -0.15) is 0 Å². The summed E-state index contributed by atoms with van der Waals surface area (Å²) in [7, 11) is 0. The molecular weight excluding hydrogens is 564 g/mol. The highest BCUT2D eigenvalue weighted by Crippen LogP contribution is 2.82. The molecule has 3 aliphatic carbocycles. The Labute approximate surface area is 258 Å². The predicted molar refractivity (Wildman–Crippen MR) is 155 cm³/mol. The lowest BCUT2D eigenvalue weighted by Gasteiger charge is -2.68. The molecule has 44 heavy (non-hydrogen) atoms. The van der Waals surface area contributed by atoms with Gasteiger partial charge in [-0.1, -0.05) is 46.5 Å². The van der Waals surface area contributed by atoms with Crippen LogP contribution in [0.5, 0.6) is 0 Å². The molecule has 12 unspecified atom stereocenters. The van der Waals surface area contributed by atoms with Crippen LogP contribution in [-0.2, 0) is 39.8 Å². The number of epoxide rings is 1. The van der Waals surface area contributed by atoms with Gasteiger partial charge in [0.1, 0.15) is 30.2 Å². The highest BCUT2D eigenvalue weighted by Gasteiger charge is 2.92. The molecule has 2 spiro atoms. The molecule has 7 fully saturated rings. The van der Waals surface area contributed by atoms with Crippen molar-refractivity contribution in [2.45, 2.75) is 128 Å². The fraction of sp³-hybridized carbons (Fsp3) is 0.800. The maximum atomic E-state index is 14.6. The second kappa shape index (κ2) is 9.19. The zero-order valence-corrected chi connectivity index (χ0v) is 26.6. The number of aryl methyl sites for hydroxylation is 1. The van der Waals surface area contributed by atoms with E-state index in [2.05, 4.69) is 13.8 Å². The third-order valence-corrected chi connectivity index (χ3v) is 13.5. The number of carbonyl (C=O) groups excluding carboxylic acids is 3. The summed E-state index contributed by atoms with van der Waals surface area (Å²) >= 11 is 0. The van der Waals surface area contributed by atoms with Gasteiger partial charge in [-0.05, 0) is 57.4 Å². The monoisotopic (exact) mass is 610 g/mol. The number of unbranched alkanes of at least 4 members (excludes halogenated alkanes) is 4. The van der Waals surface area contributed by atoms with Gasteiger partial charge in [-0.15, -0.1) is 0 Å². The normalized spacial score (nSPS) is 49.3. The van der Waals surface area contributed by atoms with Crippen LogP contribution in [-0.4, -0.2) is 58.9 Å². The number of carbonyl (C=O) groups is 3. The van der Waals surface area contributed by atoms with E-state index >= 15 is 0 Å². The number of aliphatic hydroxyl groups is 1. The molecule has 9 nitrogen and oxygen atoms in total. The Morgan fingerprint density at radius 3 is 2.50 bits per heavy atom. The lowest BCUT2D eigenvalue weighted by atomic mass is 9.34. The summed E-state index contributed by atoms with van der Waals surface area (Å²) < 4.78 is 31.6. The summed E-state index contributed by atoms with van der Waals surface area (Å²) in [6.45, 7) is 10.2. The molecule has 240 valence electrons. The van der Waals surface area contributed by atoms with Gasteiger partial charge in [-0.25, -0.2) is 4.79 Å². The van der Waals surface area contributed by atoms with Crippen molar-refractivity contribution in [2.24, 2.45) is 39.9 Å². The van der Waals surface area contributed by atoms with E-state index in [4.69, 9.17) is 23.4 Å². The minimum atomic E-state index is -1.38. The van der Waals surface area contributed by atoms with Crippen LogP contribution >= 0.6 is 0 Å². The van der Waals surface area contributed by atoms with Gasteiger partial charge >= 0.3 is 11.9 Å². The standard InChI is InChI=1S/C35H46O9/c1-6-7-8-9-10-11-21-19(14-15-40-21)26-32(4)16-18-12-13-20-27-34(17-41-29(20)38)23(18)33(5,35(32)28(44-35)30(39)42-26)25(37)22(36)24(34)31(2,3)43-27/h14-15,18,20,23-28,37H,6-13,16-17H2,1-5H3. The minimum absolute atomic E-state index is 0.0221. The van der Waals surface area contributed by atoms with E-state index in [0.29, 0.717) is 12.8 Å². The average Bonchev–Trinajstić information content (AvgIpc) is 3.55. The Bertz CT molecular complexity index is 1410. The maximum absolute atomic E-state index is 14.6. The highest BCUT2D eigenvalue weighted by molar-refractivity contribution is 5.92. The number of aliphatic hydroxyl groups excluding tert-OH is 1. The fourth-order valence-corrected chi connectivity index (χ4v) is 12.2. The number of hydrogen-bond donors (Lipinski definition) is 1. The number of ether oxygens (including phenoxy) is 4. The van der Waals surface area contributed by atoms with E-state index in [-0.39, 0.29) is 30.2 Å². The second-order valence-electron chi connectivity index (χ2n) is 15.9. The van der Waals surface area contributed by atoms with Crippen molar-refractivity contribution < 1.29 is 42.9 Å². The number of ketones is 1. The van der Waals surface area contributed by atoms with E-state index in [9.17, 15) is 19.5 Å². The molecule has 4 aliphatic heterocycles. The van der Waals surface area contributed by atoms with E-state index in [1.54, 1.807) is 6.26 Å². The number of hydrogen-bond acceptors (Lipinski definition) is 9. The zero-order valence-electron chi connectivity index (χ0n) is 26.6. The third kappa shape index (κ3) is 3.20. The quantitative estimate of drug-likeness (QED) is 0.262. The van der Waals surface area contributed by atoms with Crippen molar-refractivity contribution in [3.8, 4) is 0 Å². The first-order valence-corrected chi connectivity index (χ1v) is 16.9.